The summed E-state index contributed by atoms with van der Waals surface area (Å²) >= 11 is 6.36. The molecule has 1 fully saturated rings. The maximum absolute atomic E-state index is 13.9. The van der Waals surface area contributed by atoms with E-state index in [1.807, 2.05) is 41.3 Å². The number of aromatic nitrogens is 1. The average molecular weight is 450 g/mol. The lowest BCUT2D eigenvalue weighted by atomic mass is 9.74. The van der Waals surface area contributed by atoms with Crippen molar-refractivity contribution in [3.63, 3.8) is 0 Å². The predicted molar refractivity (Wildman–Crippen MR) is 124 cm³/mol. The van der Waals surface area contributed by atoms with Crippen molar-refractivity contribution in [2.24, 2.45) is 0 Å². The van der Waals surface area contributed by atoms with E-state index in [0.717, 1.165) is 24.1 Å². The fraction of sp³-hybridized carbons (Fsp3) is 0.320. The van der Waals surface area contributed by atoms with Gasteiger partial charge in [-0.3, -0.25) is 9.59 Å². The Balaban J connectivity index is 1.61. The SMILES string of the molecule is CC(=O)N1CCC2(CC1)CN(C(=O)c1c(O)c(C)nc3ccccc13)c1ccc(Cl)cc12. The summed E-state index contributed by atoms with van der Waals surface area (Å²) in [6.07, 6.45) is 1.51. The summed E-state index contributed by atoms with van der Waals surface area (Å²) in [5.74, 6) is -0.268. The van der Waals surface area contributed by atoms with Crippen molar-refractivity contribution >= 4 is 40.0 Å². The molecule has 164 valence electrons. The molecule has 1 spiro atoms. The zero-order valence-electron chi connectivity index (χ0n) is 18.1. The van der Waals surface area contributed by atoms with E-state index >= 15 is 0 Å². The minimum absolute atomic E-state index is 0.0701. The molecule has 0 unspecified atom stereocenters. The number of piperidine rings is 1. The second kappa shape index (κ2) is 7.48. The van der Waals surface area contributed by atoms with Crippen molar-refractivity contribution in [1.82, 2.24) is 9.88 Å². The van der Waals surface area contributed by atoms with Crippen LogP contribution in [0.1, 0.15) is 41.4 Å². The molecule has 0 saturated carbocycles. The lowest BCUT2D eigenvalue weighted by Gasteiger charge is -2.39. The van der Waals surface area contributed by atoms with E-state index in [2.05, 4.69) is 4.98 Å². The molecule has 2 aliphatic heterocycles. The molecule has 7 heteroatoms. The van der Waals surface area contributed by atoms with Crippen molar-refractivity contribution in [2.45, 2.75) is 32.1 Å². The van der Waals surface area contributed by atoms with Crippen LogP contribution in [0.4, 0.5) is 5.69 Å². The number of rotatable bonds is 1. The van der Waals surface area contributed by atoms with Gasteiger partial charge in [-0.15, -0.1) is 0 Å². The molecule has 5 rings (SSSR count). The molecule has 0 aliphatic carbocycles. The van der Waals surface area contributed by atoms with E-state index in [1.165, 1.54) is 0 Å². The van der Waals surface area contributed by atoms with Crippen molar-refractivity contribution < 1.29 is 14.7 Å². The predicted octanol–water partition coefficient (Wildman–Crippen LogP) is 4.44. The fourth-order valence-electron chi connectivity index (χ4n) is 5.18. The van der Waals surface area contributed by atoms with Gasteiger partial charge in [0.25, 0.3) is 5.91 Å². The van der Waals surface area contributed by atoms with Gasteiger partial charge in [0.1, 0.15) is 5.75 Å². The van der Waals surface area contributed by atoms with Gasteiger partial charge in [0, 0.05) is 48.1 Å². The minimum atomic E-state index is -0.269. The number of nitrogens with zero attached hydrogens (tertiary/aromatic N) is 3. The van der Waals surface area contributed by atoms with Gasteiger partial charge in [0.2, 0.25) is 5.91 Å². The van der Waals surface area contributed by atoms with Gasteiger partial charge in [-0.1, -0.05) is 29.8 Å². The summed E-state index contributed by atoms with van der Waals surface area (Å²) < 4.78 is 0. The van der Waals surface area contributed by atoms with Crippen LogP contribution in [0.5, 0.6) is 5.75 Å². The largest absolute Gasteiger partial charge is 0.505 e. The monoisotopic (exact) mass is 449 g/mol. The van der Waals surface area contributed by atoms with Crippen LogP contribution in [0.15, 0.2) is 42.5 Å². The van der Waals surface area contributed by atoms with Crippen LogP contribution in [0.3, 0.4) is 0 Å². The molecule has 1 N–H and O–H groups in total. The smallest absolute Gasteiger partial charge is 0.262 e. The maximum atomic E-state index is 13.9. The summed E-state index contributed by atoms with van der Waals surface area (Å²) in [4.78, 5) is 33.8. The second-order valence-electron chi connectivity index (χ2n) is 8.78. The Morgan fingerprint density at radius 3 is 2.56 bits per heavy atom. The van der Waals surface area contributed by atoms with E-state index in [4.69, 9.17) is 11.6 Å². The number of fused-ring (bicyclic) bond motifs is 3. The molecule has 1 saturated heterocycles. The lowest BCUT2D eigenvalue weighted by molar-refractivity contribution is -0.130. The highest BCUT2D eigenvalue weighted by Gasteiger charge is 2.47. The molecule has 6 nitrogen and oxygen atoms in total. The highest BCUT2D eigenvalue weighted by atomic mass is 35.5. The zero-order chi connectivity index (χ0) is 22.6. The van der Waals surface area contributed by atoms with Crippen LogP contribution in [-0.4, -0.2) is 46.4 Å². The first kappa shape index (κ1) is 20.8. The maximum Gasteiger partial charge on any atom is 0.262 e. The molecular formula is C25H24ClN3O3. The normalized spacial score (nSPS) is 17.1. The van der Waals surface area contributed by atoms with E-state index in [0.29, 0.717) is 41.3 Å². The quantitative estimate of drug-likeness (QED) is 0.596. The first-order valence-electron chi connectivity index (χ1n) is 10.8. The fourth-order valence-corrected chi connectivity index (χ4v) is 5.35. The Labute approximate surface area is 191 Å². The van der Waals surface area contributed by atoms with Crippen LogP contribution >= 0.6 is 11.6 Å². The molecule has 0 radical (unpaired) electrons. The third-order valence-electron chi connectivity index (χ3n) is 6.95. The molecule has 32 heavy (non-hydrogen) atoms. The third-order valence-corrected chi connectivity index (χ3v) is 7.18. The van der Waals surface area contributed by atoms with E-state index in [1.54, 1.807) is 24.8 Å². The van der Waals surface area contributed by atoms with Gasteiger partial charge >= 0.3 is 0 Å². The van der Waals surface area contributed by atoms with Crippen molar-refractivity contribution in [2.75, 3.05) is 24.5 Å². The lowest BCUT2D eigenvalue weighted by Crippen LogP contribution is -2.47. The molecule has 3 heterocycles. The number of carbonyl (C=O) groups is 2. The van der Waals surface area contributed by atoms with Crippen LogP contribution in [-0.2, 0) is 10.2 Å². The van der Waals surface area contributed by atoms with Gasteiger partial charge in [-0.05, 0) is 49.6 Å². The van der Waals surface area contributed by atoms with Crippen LogP contribution in [0.25, 0.3) is 10.9 Å². The Morgan fingerprint density at radius 2 is 1.84 bits per heavy atom. The summed E-state index contributed by atoms with van der Waals surface area (Å²) in [7, 11) is 0. The van der Waals surface area contributed by atoms with E-state index < -0.39 is 0 Å². The van der Waals surface area contributed by atoms with Gasteiger partial charge in [-0.25, -0.2) is 4.98 Å². The number of para-hydroxylation sites is 1. The highest BCUT2D eigenvalue weighted by molar-refractivity contribution is 6.31. The first-order chi connectivity index (χ1) is 15.3. The average Bonchev–Trinajstić information content (AvgIpc) is 3.08. The molecule has 2 aromatic carbocycles. The number of aryl methyl sites for hydroxylation is 1. The van der Waals surface area contributed by atoms with Crippen molar-refractivity contribution in [3.05, 3.63) is 64.3 Å². The van der Waals surface area contributed by atoms with Gasteiger partial charge in [0.15, 0.2) is 0 Å². The van der Waals surface area contributed by atoms with Gasteiger partial charge in [0.05, 0.1) is 16.8 Å². The first-order valence-corrected chi connectivity index (χ1v) is 11.1. The van der Waals surface area contributed by atoms with Crippen LogP contribution in [0.2, 0.25) is 5.02 Å². The van der Waals surface area contributed by atoms with E-state index in [9.17, 15) is 14.7 Å². The number of carbonyl (C=O) groups excluding carboxylic acids is 2. The topological polar surface area (TPSA) is 73.7 Å². The van der Waals surface area contributed by atoms with Crippen molar-refractivity contribution in [1.29, 1.82) is 0 Å². The summed E-state index contributed by atoms with van der Waals surface area (Å²) in [5.41, 5.74) is 2.95. The third kappa shape index (κ3) is 3.13. The number of amides is 2. The summed E-state index contributed by atoms with van der Waals surface area (Å²) in [6.45, 7) is 5.07. The summed E-state index contributed by atoms with van der Waals surface area (Å²) in [5, 5.41) is 12.1. The molecule has 2 amide bonds. The van der Waals surface area contributed by atoms with Gasteiger partial charge < -0.3 is 14.9 Å². The number of anilines is 1. The summed E-state index contributed by atoms with van der Waals surface area (Å²) in [6, 6.07) is 13.0. The Kier molecular flexibility index (Phi) is 4.86. The number of benzene rings is 2. The molecule has 0 bridgehead atoms. The van der Waals surface area contributed by atoms with Crippen LogP contribution < -0.4 is 4.90 Å². The second-order valence-corrected chi connectivity index (χ2v) is 9.21. The minimum Gasteiger partial charge on any atom is -0.505 e. The van der Waals surface area contributed by atoms with Gasteiger partial charge in [-0.2, -0.15) is 0 Å². The molecule has 1 aromatic heterocycles. The number of likely N-dealkylation sites (tertiary alicyclic amines) is 1. The molecule has 2 aliphatic rings. The number of hydrogen-bond acceptors (Lipinski definition) is 4. The Morgan fingerprint density at radius 1 is 1.12 bits per heavy atom. The molecule has 0 atom stereocenters. The highest BCUT2D eigenvalue weighted by Crippen LogP contribution is 2.49. The molecule has 3 aromatic rings. The number of hydrogen-bond donors (Lipinski definition) is 1. The Bertz CT molecular complexity index is 1260. The zero-order valence-corrected chi connectivity index (χ0v) is 18.8. The molecular weight excluding hydrogens is 426 g/mol. The Hall–Kier alpha value is -3.12. The van der Waals surface area contributed by atoms with E-state index in [-0.39, 0.29) is 28.5 Å². The number of aromatic hydroxyl groups is 1. The number of halogens is 1. The standard InChI is InChI=1S/C25H24ClN3O3/c1-15-23(31)22(18-5-3-4-6-20(18)27-15)24(32)29-14-25(9-11-28(12-10-25)16(2)30)19-13-17(26)7-8-21(19)29/h3-8,13,31H,9-12,14H2,1-2H3. The van der Waals surface area contributed by atoms with Crippen LogP contribution in [0, 0.1) is 6.92 Å². The van der Waals surface area contributed by atoms with Crippen molar-refractivity contribution in [3.8, 4) is 5.75 Å². The number of pyridine rings is 1.